The van der Waals surface area contributed by atoms with Crippen molar-refractivity contribution in [3.63, 3.8) is 0 Å². The summed E-state index contributed by atoms with van der Waals surface area (Å²) in [6.45, 7) is 8.05. The second kappa shape index (κ2) is 8.75. The quantitative estimate of drug-likeness (QED) is 0.653. The second-order valence-electron chi connectivity index (χ2n) is 6.86. The molecule has 0 aliphatic carbocycles. The first-order chi connectivity index (χ1) is 13.4. The number of carbonyl (C=O) groups is 2. The van der Waals surface area contributed by atoms with Crippen LogP contribution >= 0.6 is 0 Å². The van der Waals surface area contributed by atoms with E-state index in [1.807, 2.05) is 6.92 Å². The molecule has 0 aliphatic heterocycles. The average Bonchev–Trinajstić information content (AvgIpc) is 2.88. The van der Waals surface area contributed by atoms with E-state index in [0.717, 1.165) is 16.8 Å². The fraction of sp³-hybridized carbons (Fsp3) is 0.421. The Morgan fingerprint density at radius 1 is 1.17 bits per heavy atom. The molecule has 2 rings (SSSR count). The topological polar surface area (TPSA) is 119 Å². The van der Waals surface area contributed by atoms with Gasteiger partial charge in [0, 0.05) is 7.05 Å². The molecule has 2 N–H and O–H groups in total. The van der Waals surface area contributed by atoms with Crippen molar-refractivity contribution in [3.05, 3.63) is 40.7 Å². The number of ether oxygens (including phenoxy) is 1. The Balaban J connectivity index is 1.94. The molecular weight excluding hydrogens is 396 g/mol. The van der Waals surface area contributed by atoms with Crippen LogP contribution in [0.4, 0.5) is 5.69 Å². The van der Waals surface area contributed by atoms with Gasteiger partial charge >= 0.3 is 5.97 Å². The third-order valence-corrected chi connectivity index (χ3v) is 6.03. The van der Waals surface area contributed by atoms with E-state index < -0.39 is 34.5 Å². The zero-order valence-electron chi connectivity index (χ0n) is 17.4. The summed E-state index contributed by atoms with van der Waals surface area (Å²) >= 11 is 0. The number of nitrogens with one attached hydrogen (secondary N) is 2. The predicted octanol–water partition coefficient (Wildman–Crippen LogP) is 1.50. The summed E-state index contributed by atoms with van der Waals surface area (Å²) in [6.07, 6.45) is -1.10. The zero-order chi connectivity index (χ0) is 21.9. The number of benzene rings is 1. The van der Waals surface area contributed by atoms with Crippen molar-refractivity contribution in [2.24, 2.45) is 7.05 Å². The monoisotopic (exact) mass is 422 g/mol. The van der Waals surface area contributed by atoms with Crippen LogP contribution in [0, 0.1) is 27.7 Å². The molecule has 0 aliphatic rings. The third-order valence-electron chi connectivity index (χ3n) is 4.63. The van der Waals surface area contributed by atoms with Crippen molar-refractivity contribution in [2.45, 2.75) is 45.6 Å². The first-order valence-electron chi connectivity index (χ1n) is 9.00. The first-order valence-corrected chi connectivity index (χ1v) is 10.5. The van der Waals surface area contributed by atoms with Crippen LogP contribution in [0.1, 0.15) is 29.4 Å². The Labute approximate surface area is 170 Å². The molecule has 1 aromatic heterocycles. The highest BCUT2D eigenvalue weighted by atomic mass is 32.2. The largest absolute Gasteiger partial charge is 0.452 e. The molecule has 1 atom stereocenters. The molecule has 1 heterocycles. The molecule has 158 valence electrons. The molecule has 2 aromatic rings. The van der Waals surface area contributed by atoms with Gasteiger partial charge in [0.05, 0.1) is 22.0 Å². The van der Waals surface area contributed by atoms with Gasteiger partial charge in [0.15, 0.2) is 6.10 Å². The van der Waals surface area contributed by atoms with Gasteiger partial charge in [-0.25, -0.2) is 8.42 Å². The minimum Gasteiger partial charge on any atom is -0.452 e. The molecule has 0 radical (unpaired) electrons. The van der Waals surface area contributed by atoms with Crippen molar-refractivity contribution >= 4 is 27.6 Å². The van der Waals surface area contributed by atoms with Crippen LogP contribution in [0.15, 0.2) is 23.1 Å². The number of hydrogen-bond donors (Lipinski definition) is 2. The maximum Gasteiger partial charge on any atom is 0.321 e. The average molecular weight is 423 g/mol. The molecular formula is C19H26N4O5S. The molecule has 1 aromatic carbocycles. The summed E-state index contributed by atoms with van der Waals surface area (Å²) in [6, 6.07) is 4.68. The normalized spacial score (nSPS) is 12.5. The van der Waals surface area contributed by atoms with Crippen molar-refractivity contribution < 1.29 is 22.7 Å². The van der Waals surface area contributed by atoms with E-state index in [9.17, 15) is 18.0 Å². The van der Waals surface area contributed by atoms with Crippen molar-refractivity contribution in [1.29, 1.82) is 0 Å². The van der Waals surface area contributed by atoms with Crippen LogP contribution in [0.5, 0.6) is 0 Å². The Morgan fingerprint density at radius 3 is 2.38 bits per heavy atom. The molecule has 0 unspecified atom stereocenters. The van der Waals surface area contributed by atoms with Crippen molar-refractivity contribution in [1.82, 2.24) is 14.5 Å². The molecule has 0 saturated carbocycles. The molecule has 0 saturated heterocycles. The van der Waals surface area contributed by atoms with Gasteiger partial charge in [-0.2, -0.15) is 9.82 Å². The van der Waals surface area contributed by atoms with Crippen LogP contribution in [-0.2, 0) is 31.4 Å². The molecule has 0 fully saturated rings. The first kappa shape index (κ1) is 22.6. The highest BCUT2D eigenvalue weighted by Gasteiger charge is 2.22. The van der Waals surface area contributed by atoms with Crippen molar-refractivity contribution in [2.75, 3.05) is 11.9 Å². The lowest BCUT2D eigenvalue weighted by Crippen LogP contribution is -2.36. The highest BCUT2D eigenvalue weighted by molar-refractivity contribution is 7.89. The summed E-state index contributed by atoms with van der Waals surface area (Å²) in [7, 11) is -2.12. The van der Waals surface area contributed by atoms with E-state index in [2.05, 4.69) is 15.1 Å². The number of aromatic nitrogens is 2. The number of esters is 1. The SMILES string of the molecule is Cc1ccc(S(=O)(=O)NCC(=O)O[C@@H](C)C(=O)Nc2c(C)nn(C)c2C)cc1C. The molecule has 0 spiro atoms. The fourth-order valence-electron chi connectivity index (χ4n) is 2.59. The van der Waals surface area contributed by atoms with Gasteiger partial charge in [-0.15, -0.1) is 0 Å². The van der Waals surface area contributed by atoms with E-state index in [1.165, 1.54) is 19.1 Å². The lowest BCUT2D eigenvalue weighted by atomic mass is 10.1. The summed E-state index contributed by atoms with van der Waals surface area (Å²) in [5.41, 5.74) is 3.73. The fourth-order valence-corrected chi connectivity index (χ4v) is 3.64. The van der Waals surface area contributed by atoms with Crippen LogP contribution in [0.2, 0.25) is 0 Å². The van der Waals surface area contributed by atoms with Gasteiger partial charge < -0.3 is 10.1 Å². The molecule has 29 heavy (non-hydrogen) atoms. The second-order valence-corrected chi connectivity index (χ2v) is 8.63. The standard InChI is InChI=1S/C19H26N4O5S/c1-11-7-8-16(9-12(11)2)29(26,27)20-10-17(24)28-15(5)19(25)21-18-13(3)22-23(6)14(18)4/h7-9,15,20H,10H2,1-6H3,(H,21,25)/t15-/m0/s1. The predicted molar refractivity (Wildman–Crippen MR) is 108 cm³/mol. The minimum atomic E-state index is -3.87. The lowest BCUT2D eigenvalue weighted by molar-refractivity contribution is -0.151. The summed E-state index contributed by atoms with van der Waals surface area (Å²) in [5, 5.41) is 6.87. The molecule has 10 heteroatoms. The van der Waals surface area contributed by atoms with Gasteiger partial charge in [-0.3, -0.25) is 14.3 Å². The van der Waals surface area contributed by atoms with E-state index in [1.54, 1.807) is 38.6 Å². The summed E-state index contributed by atoms with van der Waals surface area (Å²) < 4.78 is 33.5. The van der Waals surface area contributed by atoms with Crippen LogP contribution in [-0.4, -0.2) is 42.7 Å². The number of nitrogens with zero attached hydrogens (tertiary/aromatic N) is 2. The number of anilines is 1. The van der Waals surface area contributed by atoms with E-state index in [4.69, 9.17) is 4.74 Å². The van der Waals surface area contributed by atoms with Gasteiger partial charge in [-0.1, -0.05) is 6.07 Å². The Morgan fingerprint density at radius 2 is 1.83 bits per heavy atom. The number of aryl methyl sites for hydroxylation is 4. The molecule has 1 amide bonds. The maximum absolute atomic E-state index is 12.3. The van der Waals surface area contributed by atoms with Crippen LogP contribution < -0.4 is 10.0 Å². The van der Waals surface area contributed by atoms with Gasteiger partial charge in [0.2, 0.25) is 10.0 Å². The van der Waals surface area contributed by atoms with Gasteiger partial charge in [0.25, 0.3) is 5.91 Å². The smallest absolute Gasteiger partial charge is 0.321 e. The van der Waals surface area contributed by atoms with Gasteiger partial charge in [0.1, 0.15) is 6.54 Å². The van der Waals surface area contributed by atoms with Crippen LogP contribution in [0.25, 0.3) is 0 Å². The lowest BCUT2D eigenvalue weighted by Gasteiger charge is -2.14. The number of sulfonamides is 1. The summed E-state index contributed by atoms with van der Waals surface area (Å²) in [5.74, 6) is -1.39. The molecule has 0 bridgehead atoms. The molecule has 9 nitrogen and oxygen atoms in total. The Bertz CT molecular complexity index is 1040. The Hall–Kier alpha value is -2.72. The van der Waals surface area contributed by atoms with E-state index in [0.29, 0.717) is 11.4 Å². The number of carbonyl (C=O) groups excluding carboxylic acids is 2. The Kier molecular flexibility index (Phi) is 6.81. The number of rotatable bonds is 7. The number of amides is 1. The number of hydrogen-bond acceptors (Lipinski definition) is 6. The highest BCUT2D eigenvalue weighted by Crippen LogP contribution is 2.19. The van der Waals surface area contributed by atoms with Crippen molar-refractivity contribution in [3.8, 4) is 0 Å². The zero-order valence-corrected chi connectivity index (χ0v) is 18.2. The van der Waals surface area contributed by atoms with E-state index in [-0.39, 0.29) is 4.90 Å². The third kappa shape index (κ3) is 5.42. The maximum atomic E-state index is 12.3. The minimum absolute atomic E-state index is 0.0571. The van der Waals surface area contributed by atoms with Gasteiger partial charge in [-0.05, 0) is 57.9 Å². The van der Waals surface area contributed by atoms with Crippen LogP contribution in [0.3, 0.4) is 0 Å². The summed E-state index contributed by atoms with van der Waals surface area (Å²) in [4.78, 5) is 24.3. The van der Waals surface area contributed by atoms with E-state index >= 15 is 0 Å².